The fraction of sp³-hybridized carbons (Fsp3) is 0.125. The van der Waals surface area contributed by atoms with Crippen molar-refractivity contribution in [3.05, 3.63) is 106 Å². The second-order valence-corrected chi connectivity index (χ2v) is 6.64. The number of nitrogens with one attached hydrogen (secondary N) is 1. The van der Waals surface area contributed by atoms with E-state index >= 15 is 0 Å². The highest BCUT2D eigenvalue weighted by Gasteiger charge is 2.09. The van der Waals surface area contributed by atoms with Crippen LogP contribution in [-0.2, 0) is 13.2 Å². The third kappa shape index (κ3) is 3.91. The Labute approximate surface area is 163 Å². The lowest BCUT2D eigenvalue weighted by Crippen LogP contribution is -2.13. The molecule has 0 saturated heterocycles. The van der Waals surface area contributed by atoms with Gasteiger partial charge in [0, 0.05) is 22.5 Å². The molecule has 0 aliphatic rings. The van der Waals surface area contributed by atoms with E-state index in [0.29, 0.717) is 23.3 Å². The van der Waals surface area contributed by atoms with E-state index in [0.717, 1.165) is 22.5 Å². The lowest BCUT2D eigenvalue weighted by Gasteiger charge is -2.12. The summed E-state index contributed by atoms with van der Waals surface area (Å²) in [4.78, 5) is 15.9. The van der Waals surface area contributed by atoms with Gasteiger partial charge in [0.05, 0.1) is 5.69 Å². The van der Waals surface area contributed by atoms with Crippen molar-refractivity contribution in [1.82, 2.24) is 4.98 Å². The van der Waals surface area contributed by atoms with E-state index in [1.165, 1.54) is 0 Å². The number of para-hydroxylation sites is 1. The summed E-state index contributed by atoms with van der Waals surface area (Å²) >= 11 is 0. The van der Waals surface area contributed by atoms with Crippen LogP contribution >= 0.6 is 0 Å². The minimum Gasteiger partial charge on any atom is -0.489 e. The molecule has 28 heavy (non-hydrogen) atoms. The Morgan fingerprint density at radius 2 is 1.46 bits per heavy atom. The number of benzene rings is 3. The third-order valence-electron chi connectivity index (χ3n) is 4.69. The molecule has 4 aromatic rings. The van der Waals surface area contributed by atoms with Crippen LogP contribution in [0.1, 0.15) is 16.8 Å². The van der Waals surface area contributed by atoms with Gasteiger partial charge < -0.3 is 14.5 Å². The zero-order valence-corrected chi connectivity index (χ0v) is 15.6. The number of ether oxygens (including phenoxy) is 2. The molecule has 1 N–H and O–H groups in total. The first kappa shape index (κ1) is 17.9. The standard InChI is InChI=1S/C24H21NO3/c1-17-23(25-22-13-6-5-12-21(22)24(17)26)16-28-20-11-7-10-19(14-20)27-15-18-8-3-2-4-9-18/h2-14H,15-16H2,1H3,(H,25,26). The number of aromatic nitrogens is 1. The van der Waals surface area contributed by atoms with Gasteiger partial charge in [0.15, 0.2) is 5.43 Å². The molecule has 4 nitrogen and oxygen atoms in total. The quantitative estimate of drug-likeness (QED) is 0.519. The van der Waals surface area contributed by atoms with Crippen LogP contribution in [0, 0.1) is 6.92 Å². The van der Waals surface area contributed by atoms with Crippen LogP contribution in [-0.4, -0.2) is 4.98 Å². The van der Waals surface area contributed by atoms with Crippen molar-refractivity contribution in [3.63, 3.8) is 0 Å². The molecule has 0 atom stereocenters. The number of hydrogen-bond donors (Lipinski definition) is 1. The Kier molecular flexibility index (Phi) is 5.11. The summed E-state index contributed by atoms with van der Waals surface area (Å²) in [5.41, 5.74) is 3.41. The van der Waals surface area contributed by atoms with E-state index < -0.39 is 0 Å². The molecule has 4 heteroatoms. The highest BCUT2D eigenvalue weighted by atomic mass is 16.5. The molecule has 0 bridgehead atoms. The lowest BCUT2D eigenvalue weighted by atomic mass is 10.1. The van der Waals surface area contributed by atoms with E-state index in [1.807, 2.05) is 85.8 Å². The van der Waals surface area contributed by atoms with Crippen molar-refractivity contribution < 1.29 is 9.47 Å². The van der Waals surface area contributed by atoms with Gasteiger partial charge in [-0.3, -0.25) is 4.79 Å². The summed E-state index contributed by atoms with van der Waals surface area (Å²) in [6.07, 6.45) is 0. The Hall–Kier alpha value is -3.53. The Bertz CT molecular complexity index is 1150. The highest BCUT2D eigenvalue weighted by Crippen LogP contribution is 2.22. The molecule has 3 aromatic carbocycles. The van der Waals surface area contributed by atoms with Crippen LogP contribution in [0.15, 0.2) is 83.7 Å². The molecule has 0 amide bonds. The average Bonchev–Trinajstić information content (AvgIpc) is 2.75. The lowest BCUT2D eigenvalue weighted by molar-refractivity contribution is 0.287. The normalized spacial score (nSPS) is 10.8. The summed E-state index contributed by atoms with van der Waals surface area (Å²) in [7, 11) is 0. The van der Waals surface area contributed by atoms with Gasteiger partial charge in [-0.05, 0) is 36.8 Å². The van der Waals surface area contributed by atoms with Crippen LogP contribution < -0.4 is 14.9 Å². The monoisotopic (exact) mass is 371 g/mol. The van der Waals surface area contributed by atoms with Gasteiger partial charge in [-0.25, -0.2) is 0 Å². The van der Waals surface area contributed by atoms with E-state index in [2.05, 4.69) is 4.98 Å². The van der Waals surface area contributed by atoms with Crippen LogP contribution in [0.5, 0.6) is 11.5 Å². The first-order valence-electron chi connectivity index (χ1n) is 9.21. The molecule has 1 heterocycles. The Morgan fingerprint density at radius 3 is 2.25 bits per heavy atom. The van der Waals surface area contributed by atoms with Crippen molar-refractivity contribution in [2.75, 3.05) is 0 Å². The predicted octanol–water partition coefficient (Wildman–Crippen LogP) is 4.99. The second-order valence-electron chi connectivity index (χ2n) is 6.64. The summed E-state index contributed by atoms with van der Waals surface area (Å²) in [6.45, 7) is 2.61. The van der Waals surface area contributed by atoms with Crippen molar-refractivity contribution in [1.29, 1.82) is 0 Å². The number of rotatable bonds is 6. The maximum absolute atomic E-state index is 12.5. The summed E-state index contributed by atoms with van der Waals surface area (Å²) in [5.74, 6) is 1.43. The molecule has 0 radical (unpaired) electrons. The SMILES string of the molecule is Cc1c(COc2cccc(OCc3ccccc3)c2)[nH]c2ccccc2c1=O. The van der Waals surface area contributed by atoms with Gasteiger partial charge in [0.25, 0.3) is 0 Å². The Morgan fingerprint density at radius 1 is 0.786 bits per heavy atom. The maximum atomic E-state index is 12.5. The Balaban J connectivity index is 1.47. The first-order valence-corrected chi connectivity index (χ1v) is 9.21. The molecule has 0 aliphatic carbocycles. The minimum atomic E-state index is 0.0351. The van der Waals surface area contributed by atoms with Crippen LogP contribution in [0.4, 0.5) is 0 Å². The van der Waals surface area contributed by atoms with Gasteiger partial charge >= 0.3 is 0 Å². The van der Waals surface area contributed by atoms with E-state index in [9.17, 15) is 4.79 Å². The van der Waals surface area contributed by atoms with Gasteiger partial charge in [0.1, 0.15) is 24.7 Å². The molecule has 0 spiro atoms. The number of pyridine rings is 1. The molecule has 1 aromatic heterocycles. The molecule has 0 fully saturated rings. The van der Waals surface area contributed by atoms with Gasteiger partial charge in [-0.15, -0.1) is 0 Å². The highest BCUT2D eigenvalue weighted by molar-refractivity contribution is 5.79. The first-order chi connectivity index (χ1) is 13.7. The zero-order valence-electron chi connectivity index (χ0n) is 15.6. The van der Waals surface area contributed by atoms with Crippen LogP contribution in [0.3, 0.4) is 0 Å². The maximum Gasteiger partial charge on any atom is 0.192 e. The van der Waals surface area contributed by atoms with Crippen LogP contribution in [0.2, 0.25) is 0 Å². The summed E-state index contributed by atoms with van der Waals surface area (Å²) in [5, 5.41) is 0.694. The number of H-pyrrole nitrogens is 1. The molecular formula is C24H21NO3. The van der Waals surface area contributed by atoms with Gasteiger partial charge in [-0.1, -0.05) is 48.5 Å². The van der Waals surface area contributed by atoms with Crippen LogP contribution in [0.25, 0.3) is 10.9 Å². The van der Waals surface area contributed by atoms with Crippen molar-refractivity contribution in [3.8, 4) is 11.5 Å². The summed E-state index contributed by atoms with van der Waals surface area (Å²) in [6, 6.07) is 25.1. The molecule has 0 unspecified atom stereocenters. The van der Waals surface area contributed by atoms with Gasteiger partial charge in [0.2, 0.25) is 0 Å². The molecule has 140 valence electrons. The largest absolute Gasteiger partial charge is 0.489 e. The second kappa shape index (κ2) is 8.01. The molecule has 0 aliphatic heterocycles. The van der Waals surface area contributed by atoms with E-state index in [4.69, 9.17) is 9.47 Å². The number of aromatic amines is 1. The molecule has 4 rings (SSSR count). The third-order valence-corrected chi connectivity index (χ3v) is 4.69. The van der Waals surface area contributed by atoms with Crippen molar-refractivity contribution in [2.45, 2.75) is 20.1 Å². The van der Waals surface area contributed by atoms with Crippen molar-refractivity contribution >= 4 is 10.9 Å². The fourth-order valence-electron chi connectivity index (χ4n) is 3.08. The smallest absolute Gasteiger partial charge is 0.192 e. The number of fused-ring (bicyclic) bond motifs is 1. The predicted molar refractivity (Wildman–Crippen MR) is 111 cm³/mol. The zero-order chi connectivity index (χ0) is 19.3. The van der Waals surface area contributed by atoms with E-state index in [1.54, 1.807) is 0 Å². The van der Waals surface area contributed by atoms with Crippen molar-refractivity contribution in [2.24, 2.45) is 0 Å². The average molecular weight is 371 g/mol. The topological polar surface area (TPSA) is 51.3 Å². The fourth-order valence-corrected chi connectivity index (χ4v) is 3.08. The molecular weight excluding hydrogens is 350 g/mol. The molecule has 0 saturated carbocycles. The number of hydrogen-bond acceptors (Lipinski definition) is 3. The van der Waals surface area contributed by atoms with Gasteiger partial charge in [-0.2, -0.15) is 0 Å². The minimum absolute atomic E-state index is 0.0351. The summed E-state index contributed by atoms with van der Waals surface area (Å²) < 4.78 is 11.8. The van der Waals surface area contributed by atoms with E-state index in [-0.39, 0.29) is 12.0 Å².